The molecule has 0 bridgehead atoms. The van der Waals surface area contributed by atoms with Gasteiger partial charge in [0, 0.05) is 23.1 Å². The number of benzene rings is 2. The fraction of sp³-hybridized carbons (Fsp3) is 0.294. The first kappa shape index (κ1) is 16.9. The smallest absolute Gasteiger partial charge is 0.262 e. The van der Waals surface area contributed by atoms with Crippen LogP contribution in [0.15, 0.2) is 41.3 Å². The molecule has 1 unspecified atom stereocenters. The third-order valence-electron chi connectivity index (χ3n) is 3.67. The van der Waals surface area contributed by atoms with Crippen molar-refractivity contribution in [2.75, 3.05) is 11.3 Å². The molecule has 0 saturated heterocycles. The largest absolute Gasteiger partial charge is 0.492 e. The number of rotatable bonds is 5. The Bertz CT molecular complexity index is 850. The van der Waals surface area contributed by atoms with Crippen molar-refractivity contribution in [2.24, 2.45) is 0 Å². The number of halogens is 1. The van der Waals surface area contributed by atoms with E-state index in [1.807, 2.05) is 19.9 Å². The van der Waals surface area contributed by atoms with Crippen LogP contribution in [0.2, 0.25) is 5.02 Å². The van der Waals surface area contributed by atoms with Gasteiger partial charge in [0.1, 0.15) is 17.6 Å². The molecule has 5 nitrogen and oxygen atoms in total. The molecule has 1 aliphatic rings. The van der Waals surface area contributed by atoms with Crippen LogP contribution in [0.25, 0.3) is 0 Å². The van der Waals surface area contributed by atoms with Gasteiger partial charge in [0.05, 0.1) is 17.2 Å². The third kappa shape index (κ3) is 3.44. The summed E-state index contributed by atoms with van der Waals surface area (Å²) < 4.78 is 39.0. The van der Waals surface area contributed by atoms with Gasteiger partial charge < -0.3 is 9.47 Å². The average molecular weight is 368 g/mol. The molecule has 0 radical (unpaired) electrons. The number of sulfonamides is 1. The monoisotopic (exact) mass is 367 g/mol. The Hall–Kier alpha value is -1.92. The van der Waals surface area contributed by atoms with E-state index in [1.54, 1.807) is 6.07 Å². The molecular weight excluding hydrogens is 350 g/mol. The highest BCUT2D eigenvalue weighted by molar-refractivity contribution is 7.92. The van der Waals surface area contributed by atoms with E-state index in [0.717, 1.165) is 12.0 Å². The lowest BCUT2D eigenvalue weighted by Crippen LogP contribution is -2.14. The SMILES string of the molecule is CCOc1cc2c(cc1NS(=O)(=O)c1ccc(Cl)cc1)OC(C)C2. The van der Waals surface area contributed by atoms with Crippen LogP contribution in [-0.2, 0) is 16.4 Å². The highest BCUT2D eigenvalue weighted by Gasteiger charge is 2.24. The van der Waals surface area contributed by atoms with E-state index in [0.29, 0.717) is 28.8 Å². The number of anilines is 1. The summed E-state index contributed by atoms with van der Waals surface area (Å²) in [6.07, 6.45) is 0.845. The van der Waals surface area contributed by atoms with Crippen LogP contribution in [0.5, 0.6) is 11.5 Å². The minimum absolute atomic E-state index is 0.0672. The van der Waals surface area contributed by atoms with Crippen LogP contribution in [0.1, 0.15) is 19.4 Å². The van der Waals surface area contributed by atoms with E-state index >= 15 is 0 Å². The van der Waals surface area contributed by atoms with Crippen molar-refractivity contribution < 1.29 is 17.9 Å². The van der Waals surface area contributed by atoms with Crippen molar-refractivity contribution >= 4 is 27.3 Å². The molecular formula is C17H18ClNO4S. The van der Waals surface area contributed by atoms with E-state index < -0.39 is 10.0 Å². The summed E-state index contributed by atoms with van der Waals surface area (Å²) in [7, 11) is -3.75. The summed E-state index contributed by atoms with van der Waals surface area (Å²) in [5, 5.41) is 0.476. The zero-order valence-corrected chi connectivity index (χ0v) is 14.9. The van der Waals surface area contributed by atoms with E-state index in [1.165, 1.54) is 24.3 Å². The third-order valence-corrected chi connectivity index (χ3v) is 5.30. The van der Waals surface area contributed by atoms with E-state index in [9.17, 15) is 8.42 Å². The summed E-state index contributed by atoms with van der Waals surface area (Å²) in [5.41, 5.74) is 1.38. The standard InChI is InChI=1S/C17H18ClNO4S/c1-3-22-17-9-12-8-11(2)23-16(12)10-15(17)19-24(20,21)14-6-4-13(18)5-7-14/h4-7,9-11,19H,3,8H2,1-2H3. The summed E-state index contributed by atoms with van der Waals surface area (Å²) in [6, 6.07) is 9.49. The second kappa shape index (κ2) is 6.53. The minimum atomic E-state index is -3.75. The van der Waals surface area contributed by atoms with Crippen LogP contribution in [0.4, 0.5) is 5.69 Å². The molecule has 1 N–H and O–H groups in total. The van der Waals surface area contributed by atoms with Gasteiger partial charge in [-0.15, -0.1) is 0 Å². The molecule has 1 aliphatic heterocycles. The van der Waals surface area contributed by atoms with Crippen molar-refractivity contribution in [1.82, 2.24) is 0 Å². The van der Waals surface area contributed by atoms with E-state index in [4.69, 9.17) is 21.1 Å². The first-order valence-corrected chi connectivity index (χ1v) is 9.50. The molecule has 0 aromatic heterocycles. The van der Waals surface area contributed by atoms with Gasteiger partial charge >= 0.3 is 0 Å². The number of fused-ring (bicyclic) bond motifs is 1. The maximum absolute atomic E-state index is 12.6. The Balaban J connectivity index is 1.96. The van der Waals surface area contributed by atoms with Gasteiger partial charge in [-0.1, -0.05) is 11.6 Å². The van der Waals surface area contributed by atoms with Crippen molar-refractivity contribution in [2.45, 2.75) is 31.3 Å². The van der Waals surface area contributed by atoms with Crippen molar-refractivity contribution in [1.29, 1.82) is 0 Å². The van der Waals surface area contributed by atoms with Gasteiger partial charge in [-0.25, -0.2) is 8.42 Å². The number of hydrogen-bond acceptors (Lipinski definition) is 4. The normalized spacial score (nSPS) is 16.4. The van der Waals surface area contributed by atoms with Gasteiger partial charge in [-0.3, -0.25) is 4.72 Å². The maximum atomic E-state index is 12.6. The molecule has 2 aromatic rings. The first-order chi connectivity index (χ1) is 11.4. The molecule has 0 saturated carbocycles. The van der Waals surface area contributed by atoms with Crippen molar-refractivity contribution in [3.63, 3.8) is 0 Å². The van der Waals surface area contributed by atoms with Crippen LogP contribution >= 0.6 is 11.6 Å². The lowest BCUT2D eigenvalue weighted by molar-refractivity contribution is 0.254. The first-order valence-electron chi connectivity index (χ1n) is 7.64. The topological polar surface area (TPSA) is 64.6 Å². The molecule has 0 aliphatic carbocycles. The van der Waals surface area contributed by atoms with Gasteiger partial charge in [0.15, 0.2) is 0 Å². The highest BCUT2D eigenvalue weighted by atomic mass is 35.5. The summed E-state index contributed by atoms with van der Waals surface area (Å²) >= 11 is 5.81. The fourth-order valence-corrected chi connectivity index (χ4v) is 3.80. The molecule has 0 spiro atoms. The molecule has 7 heteroatoms. The van der Waals surface area contributed by atoms with Crippen molar-refractivity contribution in [3.05, 3.63) is 47.0 Å². The molecule has 1 atom stereocenters. The van der Waals surface area contributed by atoms with Gasteiger partial charge in [0.2, 0.25) is 0 Å². The van der Waals surface area contributed by atoms with Crippen molar-refractivity contribution in [3.8, 4) is 11.5 Å². The minimum Gasteiger partial charge on any atom is -0.492 e. The summed E-state index contributed by atoms with van der Waals surface area (Å²) in [6.45, 7) is 4.26. The van der Waals surface area contributed by atoms with Crippen LogP contribution in [-0.4, -0.2) is 21.1 Å². The number of nitrogens with one attached hydrogen (secondary N) is 1. The van der Waals surface area contributed by atoms with Crippen LogP contribution in [0, 0.1) is 0 Å². The number of hydrogen-bond donors (Lipinski definition) is 1. The second-order valence-electron chi connectivity index (χ2n) is 5.58. The molecule has 0 fully saturated rings. The molecule has 3 rings (SSSR count). The second-order valence-corrected chi connectivity index (χ2v) is 7.70. The maximum Gasteiger partial charge on any atom is 0.262 e. The lowest BCUT2D eigenvalue weighted by Gasteiger charge is -2.14. The van der Waals surface area contributed by atoms with Gasteiger partial charge in [0.25, 0.3) is 10.0 Å². The summed E-state index contributed by atoms with van der Waals surface area (Å²) in [5.74, 6) is 1.17. The number of ether oxygens (including phenoxy) is 2. The molecule has 0 amide bonds. The molecule has 1 heterocycles. The highest BCUT2D eigenvalue weighted by Crippen LogP contribution is 2.38. The van der Waals surface area contributed by atoms with Gasteiger partial charge in [-0.2, -0.15) is 0 Å². The Morgan fingerprint density at radius 2 is 2.00 bits per heavy atom. The van der Waals surface area contributed by atoms with E-state index in [2.05, 4.69) is 4.72 Å². The molecule has 2 aromatic carbocycles. The Morgan fingerprint density at radius 3 is 2.67 bits per heavy atom. The lowest BCUT2D eigenvalue weighted by atomic mass is 10.1. The van der Waals surface area contributed by atoms with Gasteiger partial charge in [-0.05, 0) is 44.2 Å². The van der Waals surface area contributed by atoms with E-state index in [-0.39, 0.29) is 11.0 Å². The Labute approximate surface area is 146 Å². The van der Waals surface area contributed by atoms with Crippen LogP contribution < -0.4 is 14.2 Å². The molecule has 24 heavy (non-hydrogen) atoms. The summed E-state index contributed by atoms with van der Waals surface area (Å²) in [4.78, 5) is 0.129. The quantitative estimate of drug-likeness (QED) is 0.871. The Kier molecular flexibility index (Phi) is 4.60. The average Bonchev–Trinajstić information content (AvgIpc) is 2.87. The zero-order valence-electron chi connectivity index (χ0n) is 13.4. The van der Waals surface area contributed by atoms with Crippen LogP contribution in [0.3, 0.4) is 0 Å². The predicted octanol–water partition coefficient (Wildman–Crippen LogP) is 3.86. The molecule has 128 valence electrons. The predicted molar refractivity (Wildman–Crippen MR) is 93.7 cm³/mol. The fourth-order valence-electron chi connectivity index (χ4n) is 2.61. The zero-order chi connectivity index (χ0) is 17.3. The Morgan fingerprint density at radius 1 is 1.29 bits per heavy atom.